The van der Waals surface area contributed by atoms with Crippen molar-refractivity contribution in [3.05, 3.63) is 76.6 Å². The average Bonchev–Trinajstić information content (AvgIpc) is 3.17. The Morgan fingerprint density at radius 2 is 1.76 bits per heavy atom. The van der Waals surface area contributed by atoms with Gasteiger partial charge in [0.2, 0.25) is 6.79 Å². The van der Waals surface area contributed by atoms with Crippen LogP contribution < -0.4 is 20.1 Å². The number of amides is 1. The van der Waals surface area contributed by atoms with Gasteiger partial charge in [-0.3, -0.25) is 9.78 Å². The molecule has 0 radical (unpaired) electrons. The number of benzene rings is 2. The number of anilines is 2. The number of carbonyl (C=O) groups excluding carboxylic acids is 1. The van der Waals surface area contributed by atoms with E-state index in [9.17, 15) is 4.79 Å². The maximum atomic E-state index is 12.6. The molecule has 148 valence electrons. The normalized spacial score (nSPS) is 12.0. The van der Waals surface area contributed by atoms with E-state index in [1.807, 2.05) is 24.3 Å². The number of hydrogen-bond acceptors (Lipinski definition) is 5. The van der Waals surface area contributed by atoms with E-state index in [2.05, 4.69) is 48.5 Å². The number of pyridine rings is 1. The third-order valence-electron chi connectivity index (χ3n) is 4.83. The molecule has 0 bridgehead atoms. The number of aromatic nitrogens is 1. The third kappa shape index (κ3) is 4.16. The van der Waals surface area contributed by atoms with E-state index in [0.717, 1.165) is 33.8 Å². The molecular weight excluding hydrogens is 366 g/mol. The highest BCUT2D eigenvalue weighted by atomic mass is 16.7. The standard InChI is InChI=1S/C23H23N3O3/c1-14-8-15(2)22(16(3)9-14)26-18-6-7-24-19(11-18)23(27)25-12-17-4-5-20-21(10-17)29-13-28-20/h4-11H,12-13H2,1-3H3,(H,24,26)(H,25,27). The fourth-order valence-corrected chi connectivity index (χ4v) is 3.48. The zero-order valence-electron chi connectivity index (χ0n) is 16.7. The Labute approximate surface area is 169 Å². The number of carbonyl (C=O) groups is 1. The van der Waals surface area contributed by atoms with Crippen molar-refractivity contribution in [3.8, 4) is 11.5 Å². The summed E-state index contributed by atoms with van der Waals surface area (Å²) in [4.78, 5) is 16.8. The fraction of sp³-hybridized carbons (Fsp3) is 0.217. The van der Waals surface area contributed by atoms with Crippen LogP contribution >= 0.6 is 0 Å². The lowest BCUT2D eigenvalue weighted by Crippen LogP contribution is -2.23. The second kappa shape index (κ2) is 7.83. The first-order chi connectivity index (χ1) is 14.0. The van der Waals surface area contributed by atoms with Gasteiger partial charge < -0.3 is 20.1 Å². The van der Waals surface area contributed by atoms with Crippen LogP contribution in [0.2, 0.25) is 0 Å². The van der Waals surface area contributed by atoms with E-state index in [4.69, 9.17) is 9.47 Å². The number of aryl methyl sites for hydroxylation is 3. The van der Waals surface area contributed by atoms with Crippen LogP contribution in [0.5, 0.6) is 11.5 Å². The van der Waals surface area contributed by atoms with Crippen molar-refractivity contribution < 1.29 is 14.3 Å². The number of nitrogens with zero attached hydrogens (tertiary/aromatic N) is 1. The summed E-state index contributed by atoms with van der Waals surface area (Å²) in [6.45, 7) is 6.84. The van der Waals surface area contributed by atoms with Crippen LogP contribution in [0.3, 0.4) is 0 Å². The van der Waals surface area contributed by atoms with E-state index in [1.165, 1.54) is 5.56 Å². The molecule has 29 heavy (non-hydrogen) atoms. The van der Waals surface area contributed by atoms with Crippen LogP contribution in [0.1, 0.15) is 32.7 Å². The van der Waals surface area contributed by atoms with E-state index in [1.54, 1.807) is 12.3 Å². The highest BCUT2D eigenvalue weighted by Crippen LogP contribution is 2.32. The molecule has 4 rings (SSSR count). The summed E-state index contributed by atoms with van der Waals surface area (Å²) < 4.78 is 10.7. The summed E-state index contributed by atoms with van der Waals surface area (Å²) in [5.41, 5.74) is 6.71. The first-order valence-electron chi connectivity index (χ1n) is 9.47. The number of nitrogens with one attached hydrogen (secondary N) is 2. The molecule has 2 N–H and O–H groups in total. The summed E-state index contributed by atoms with van der Waals surface area (Å²) in [5.74, 6) is 1.19. The minimum Gasteiger partial charge on any atom is -0.454 e. The van der Waals surface area contributed by atoms with Crippen molar-refractivity contribution in [1.82, 2.24) is 10.3 Å². The topological polar surface area (TPSA) is 72.5 Å². The molecule has 0 atom stereocenters. The molecule has 3 aromatic rings. The Balaban J connectivity index is 1.45. The van der Waals surface area contributed by atoms with E-state index in [0.29, 0.717) is 18.0 Å². The molecular formula is C23H23N3O3. The first kappa shape index (κ1) is 18.8. The minimum absolute atomic E-state index is 0.231. The zero-order chi connectivity index (χ0) is 20.4. The molecule has 2 aromatic carbocycles. The Morgan fingerprint density at radius 3 is 2.55 bits per heavy atom. The number of rotatable bonds is 5. The van der Waals surface area contributed by atoms with Crippen LogP contribution in [-0.2, 0) is 6.54 Å². The van der Waals surface area contributed by atoms with Gasteiger partial charge in [-0.25, -0.2) is 0 Å². The molecule has 6 heteroatoms. The maximum absolute atomic E-state index is 12.6. The van der Waals surface area contributed by atoms with Crippen molar-refractivity contribution in [2.24, 2.45) is 0 Å². The van der Waals surface area contributed by atoms with Gasteiger partial charge in [0.05, 0.1) is 0 Å². The molecule has 1 aromatic heterocycles. The van der Waals surface area contributed by atoms with E-state index in [-0.39, 0.29) is 12.7 Å². The summed E-state index contributed by atoms with van der Waals surface area (Å²) >= 11 is 0. The summed E-state index contributed by atoms with van der Waals surface area (Å²) in [7, 11) is 0. The lowest BCUT2D eigenvalue weighted by atomic mass is 10.0. The van der Waals surface area contributed by atoms with E-state index >= 15 is 0 Å². The van der Waals surface area contributed by atoms with Crippen molar-refractivity contribution in [2.45, 2.75) is 27.3 Å². The highest BCUT2D eigenvalue weighted by molar-refractivity contribution is 5.93. The lowest BCUT2D eigenvalue weighted by Gasteiger charge is -2.14. The van der Waals surface area contributed by atoms with Crippen LogP contribution in [0.25, 0.3) is 0 Å². The molecule has 0 unspecified atom stereocenters. The molecule has 0 fully saturated rings. The van der Waals surface area contributed by atoms with Crippen molar-refractivity contribution in [2.75, 3.05) is 12.1 Å². The lowest BCUT2D eigenvalue weighted by molar-refractivity contribution is 0.0946. The monoisotopic (exact) mass is 389 g/mol. The second-order valence-corrected chi connectivity index (χ2v) is 7.20. The van der Waals surface area contributed by atoms with Gasteiger partial charge >= 0.3 is 0 Å². The molecule has 2 heterocycles. The van der Waals surface area contributed by atoms with Crippen LogP contribution in [-0.4, -0.2) is 17.7 Å². The van der Waals surface area contributed by atoms with Crippen molar-refractivity contribution >= 4 is 17.3 Å². The van der Waals surface area contributed by atoms with Crippen molar-refractivity contribution in [3.63, 3.8) is 0 Å². The Kier molecular flexibility index (Phi) is 5.08. The van der Waals surface area contributed by atoms with Crippen LogP contribution in [0.15, 0.2) is 48.7 Å². The minimum atomic E-state index is -0.233. The van der Waals surface area contributed by atoms with Gasteiger partial charge in [0.15, 0.2) is 11.5 Å². The molecule has 0 aliphatic carbocycles. The van der Waals surface area contributed by atoms with Gasteiger partial charge in [-0.1, -0.05) is 23.8 Å². The quantitative estimate of drug-likeness (QED) is 0.676. The first-order valence-corrected chi connectivity index (χ1v) is 9.47. The summed E-state index contributed by atoms with van der Waals surface area (Å²) in [6.07, 6.45) is 1.64. The molecule has 0 saturated heterocycles. The Bertz CT molecular complexity index is 1060. The fourth-order valence-electron chi connectivity index (χ4n) is 3.48. The third-order valence-corrected chi connectivity index (χ3v) is 4.83. The van der Waals surface area contributed by atoms with E-state index < -0.39 is 0 Å². The average molecular weight is 389 g/mol. The molecule has 1 aliphatic heterocycles. The van der Waals surface area contributed by atoms with Gasteiger partial charge in [0.1, 0.15) is 5.69 Å². The van der Waals surface area contributed by atoms with Crippen LogP contribution in [0.4, 0.5) is 11.4 Å². The van der Waals surface area contributed by atoms with Gasteiger partial charge in [0.25, 0.3) is 5.91 Å². The summed E-state index contributed by atoms with van der Waals surface area (Å²) in [5, 5.41) is 6.32. The number of ether oxygens (including phenoxy) is 2. The SMILES string of the molecule is Cc1cc(C)c(Nc2ccnc(C(=O)NCc3ccc4c(c3)OCO4)c2)c(C)c1. The molecule has 0 saturated carbocycles. The maximum Gasteiger partial charge on any atom is 0.270 e. The van der Waals surface area contributed by atoms with Crippen LogP contribution in [0, 0.1) is 20.8 Å². The Hall–Kier alpha value is -3.54. The summed E-state index contributed by atoms with van der Waals surface area (Å²) in [6, 6.07) is 13.5. The molecule has 0 spiro atoms. The number of hydrogen-bond donors (Lipinski definition) is 2. The van der Waals surface area contributed by atoms with Crippen molar-refractivity contribution in [1.29, 1.82) is 0 Å². The highest BCUT2D eigenvalue weighted by Gasteiger charge is 2.14. The zero-order valence-corrected chi connectivity index (χ0v) is 16.7. The largest absolute Gasteiger partial charge is 0.454 e. The van der Waals surface area contributed by atoms with Gasteiger partial charge in [-0.2, -0.15) is 0 Å². The second-order valence-electron chi connectivity index (χ2n) is 7.20. The molecule has 1 aliphatic rings. The Morgan fingerprint density at radius 1 is 1.00 bits per heavy atom. The smallest absolute Gasteiger partial charge is 0.270 e. The molecule has 1 amide bonds. The van der Waals surface area contributed by atoms with Gasteiger partial charge in [0, 0.05) is 24.1 Å². The predicted molar refractivity (Wildman–Crippen MR) is 112 cm³/mol. The molecule has 6 nitrogen and oxygen atoms in total. The predicted octanol–water partition coefficient (Wildman–Crippen LogP) is 4.41. The van der Waals surface area contributed by atoms with Gasteiger partial charge in [-0.05, 0) is 61.7 Å². The number of fused-ring (bicyclic) bond motifs is 1. The van der Waals surface area contributed by atoms with Gasteiger partial charge in [-0.15, -0.1) is 0 Å².